The Kier molecular flexibility index (Phi) is 4.06. The van der Waals surface area contributed by atoms with E-state index in [0.717, 1.165) is 19.4 Å². The molecule has 29 heavy (non-hydrogen) atoms. The fourth-order valence-corrected chi connectivity index (χ4v) is 3.77. The summed E-state index contributed by atoms with van der Waals surface area (Å²) in [5.41, 5.74) is 0.266. The Labute approximate surface area is 164 Å². The molecule has 3 aromatic heterocycles. The molecule has 1 atom stereocenters. The van der Waals surface area contributed by atoms with E-state index < -0.39 is 11.4 Å². The van der Waals surface area contributed by atoms with Gasteiger partial charge in [-0.1, -0.05) is 12.1 Å². The monoisotopic (exact) mass is 394 g/mol. The van der Waals surface area contributed by atoms with Gasteiger partial charge in [-0.25, -0.2) is 9.37 Å². The zero-order valence-corrected chi connectivity index (χ0v) is 15.8. The maximum Gasteiger partial charge on any atom is 0.267 e. The van der Waals surface area contributed by atoms with Crippen LogP contribution in [-0.2, 0) is 4.74 Å². The number of nitrogens with one attached hydrogen (secondary N) is 2. The molecule has 8 nitrogen and oxygen atoms in total. The van der Waals surface area contributed by atoms with Crippen LogP contribution in [0.25, 0.3) is 27.6 Å². The fourth-order valence-electron chi connectivity index (χ4n) is 3.77. The summed E-state index contributed by atoms with van der Waals surface area (Å²) in [6.07, 6.45) is 5.00. The molecule has 1 saturated heterocycles. The van der Waals surface area contributed by atoms with E-state index >= 15 is 0 Å². The van der Waals surface area contributed by atoms with Crippen LogP contribution < -0.4 is 10.9 Å². The summed E-state index contributed by atoms with van der Waals surface area (Å²) in [6, 6.07) is 6.11. The van der Waals surface area contributed by atoms with Crippen molar-refractivity contribution in [3.05, 3.63) is 52.8 Å². The van der Waals surface area contributed by atoms with E-state index in [1.54, 1.807) is 24.4 Å². The molecule has 0 spiro atoms. The molecular formula is C20H19FN6O2. The number of pyridine rings is 1. The van der Waals surface area contributed by atoms with Gasteiger partial charge in [0, 0.05) is 19.3 Å². The summed E-state index contributed by atoms with van der Waals surface area (Å²) in [6.45, 7) is 3.31. The van der Waals surface area contributed by atoms with Crippen molar-refractivity contribution < 1.29 is 9.13 Å². The fraction of sp³-hybridized carbons (Fsp3) is 0.300. The molecular weight excluding hydrogens is 375 g/mol. The van der Waals surface area contributed by atoms with E-state index in [9.17, 15) is 9.18 Å². The molecule has 148 valence electrons. The number of benzene rings is 1. The van der Waals surface area contributed by atoms with Crippen molar-refractivity contribution >= 4 is 27.9 Å². The van der Waals surface area contributed by atoms with Crippen LogP contribution in [0.1, 0.15) is 19.8 Å². The maximum atomic E-state index is 14.6. The van der Waals surface area contributed by atoms with Crippen molar-refractivity contribution in [2.75, 3.05) is 18.5 Å². The number of rotatable bonds is 4. The number of para-hydroxylation sites is 1. The molecule has 4 heterocycles. The molecule has 4 aromatic rings. The second-order valence-electron chi connectivity index (χ2n) is 7.44. The molecule has 0 amide bonds. The summed E-state index contributed by atoms with van der Waals surface area (Å²) in [7, 11) is 0. The van der Waals surface area contributed by atoms with Gasteiger partial charge in [0.25, 0.3) is 5.56 Å². The first-order chi connectivity index (χ1) is 14.1. The molecule has 1 aliphatic rings. The molecule has 9 heteroatoms. The van der Waals surface area contributed by atoms with Gasteiger partial charge < -0.3 is 10.1 Å². The summed E-state index contributed by atoms with van der Waals surface area (Å²) in [5, 5.41) is 10.9. The van der Waals surface area contributed by atoms with Crippen molar-refractivity contribution in [2.24, 2.45) is 0 Å². The third kappa shape index (κ3) is 2.94. The van der Waals surface area contributed by atoms with Crippen LogP contribution in [0, 0.1) is 5.82 Å². The Morgan fingerprint density at radius 3 is 2.97 bits per heavy atom. The molecule has 5 rings (SSSR count). The van der Waals surface area contributed by atoms with Gasteiger partial charge in [0.05, 0.1) is 33.8 Å². The van der Waals surface area contributed by atoms with E-state index in [2.05, 4.69) is 25.5 Å². The lowest BCUT2D eigenvalue weighted by Crippen LogP contribution is -2.33. The first kappa shape index (κ1) is 17.7. The highest BCUT2D eigenvalue weighted by molar-refractivity contribution is 6.02. The number of hydrogen-bond donors (Lipinski definition) is 2. The molecule has 1 aliphatic heterocycles. The summed E-state index contributed by atoms with van der Waals surface area (Å²) >= 11 is 0. The zero-order valence-electron chi connectivity index (χ0n) is 15.8. The topological polar surface area (TPSA) is 97.7 Å². The second-order valence-corrected chi connectivity index (χ2v) is 7.44. The molecule has 2 N–H and O–H groups in total. The maximum absolute atomic E-state index is 14.6. The summed E-state index contributed by atoms with van der Waals surface area (Å²) < 4.78 is 21.6. The van der Waals surface area contributed by atoms with Crippen LogP contribution >= 0.6 is 0 Å². The lowest BCUT2D eigenvalue weighted by Gasteiger charge is -2.23. The predicted octanol–water partition coefficient (Wildman–Crippen LogP) is 2.78. The number of nitrogens with zero attached hydrogens (tertiary/aromatic N) is 4. The van der Waals surface area contributed by atoms with E-state index in [1.807, 2.05) is 6.92 Å². The van der Waals surface area contributed by atoms with Crippen LogP contribution in [0.5, 0.6) is 0 Å². The molecule has 1 aromatic carbocycles. The van der Waals surface area contributed by atoms with Gasteiger partial charge >= 0.3 is 0 Å². The third-order valence-corrected chi connectivity index (χ3v) is 5.34. The number of aromatic nitrogens is 5. The lowest BCUT2D eigenvalue weighted by atomic mass is 10.0. The Bertz CT molecular complexity index is 1280. The third-order valence-electron chi connectivity index (χ3n) is 5.34. The van der Waals surface area contributed by atoms with Crippen molar-refractivity contribution in [3.63, 3.8) is 0 Å². The lowest BCUT2D eigenvalue weighted by molar-refractivity contribution is 0.0314. The van der Waals surface area contributed by atoms with Gasteiger partial charge in [-0.3, -0.25) is 14.5 Å². The SMILES string of the molecule is CC1(CNc2ncc3c4[nH]ncc4c(=O)n(-c4ccccc4F)c3n2)CCCO1. The largest absolute Gasteiger partial charge is 0.373 e. The standard InChI is InChI=1S/C20H19FN6O2/c1-20(7-4-8-29-20)11-23-19-22-9-12-16-13(10-24-26-16)18(28)27(17(12)25-19)15-6-3-2-5-14(15)21/h2-3,5-6,9-10H,4,7-8,11H2,1H3,(H,24,26)(H,22,23,25). The van der Waals surface area contributed by atoms with Crippen LogP contribution in [-0.4, -0.2) is 43.5 Å². The van der Waals surface area contributed by atoms with Gasteiger partial charge in [0.15, 0.2) is 5.65 Å². The van der Waals surface area contributed by atoms with Gasteiger partial charge in [-0.05, 0) is 31.9 Å². The number of aromatic amines is 1. The number of H-pyrrole nitrogens is 1. The molecule has 0 aliphatic carbocycles. The van der Waals surface area contributed by atoms with Gasteiger partial charge in [0.2, 0.25) is 5.95 Å². The zero-order chi connectivity index (χ0) is 20.0. The van der Waals surface area contributed by atoms with Gasteiger partial charge in [0.1, 0.15) is 5.82 Å². The second kappa shape index (κ2) is 6.63. The quantitative estimate of drug-likeness (QED) is 0.552. The number of anilines is 1. The first-order valence-electron chi connectivity index (χ1n) is 9.43. The average molecular weight is 394 g/mol. The van der Waals surface area contributed by atoms with Crippen molar-refractivity contribution in [1.29, 1.82) is 0 Å². The minimum Gasteiger partial charge on any atom is -0.373 e. The first-order valence-corrected chi connectivity index (χ1v) is 9.43. The Morgan fingerprint density at radius 1 is 1.31 bits per heavy atom. The molecule has 1 fully saturated rings. The van der Waals surface area contributed by atoms with Crippen molar-refractivity contribution in [3.8, 4) is 5.69 Å². The highest BCUT2D eigenvalue weighted by Crippen LogP contribution is 2.26. The van der Waals surface area contributed by atoms with Crippen molar-refractivity contribution in [1.82, 2.24) is 24.7 Å². The van der Waals surface area contributed by atoms with E-state index in [-0.39, 0.29) is 11.3 Å². The van der Waals surface area contributed by atoms with Gasteiger partial charge in [-0.2, -0.15) is 10.1 Å². The Morgan fingerprint density at radius 2 is 2.17 bits per heavy atom. The number of hydrogen-bond acceptors (Lipinski definition) is 6. The minimum atomic E-state index is -0.515. The Balaban J connectivity index is 1.69. The normalized spacial score (nSPS) is 19.2. The van der Waals surface area contributed by atoms with Crippen LogP contribution in [0.3, 0.4) is 0 Å². The summed E-state index contributed by atoms with van der Waals surface area (Å²) in [4.78, 5) is 22.0. The molecule has 0 saturated carbocycles. The van der Waals surface area contributed by atoms with Gasteiger partial charge in [-0.15, -0.1) is 0 Å². The smallest absolute Gasteiger partial charge is 0.267 e. The van der Waals surface area contributed by atoms with E-state index in [1.165, 1.54) is 16.8 Å². The molecule has 1 unspecified atom stereocenters. The minimum absolute atomic E-state index is 0.126. The average Bonchev–Trinajstić information content (AvgIpc) is 3.38. The highest BCUT2D eigenvalue weighted by Gasteiger charge is 2.29. The Hall–Kier alpha value is -3.33. The van der Waals surface area contributed by atoms with Crippen molar-refractivity contribution in [2.45, 2.75) is 25.4 Å². The van der Waals surface area contributed by atoms with Crippen LogP contribution in [0.15, 0.2) is 41.5 Å². The van der Waals surface area contributed by atoms with Crippen LogP contribution in [0.4, 0.5) is 10.3 Å². The number of ether oxygens (including phenoxy) is 1. The number of fused-ring (bicyclic) bond motifs is 3. The summed E-state index contributed by atoms with van der Waals surface area (Å²) in [5.74, 6) is -0.170. The molecule has 0 bridgehead atoms. The highest BCUT2D eigenvalue weighted by atomic mass is 19.1. The van der Waals surface area contributed by atoms with E-state index in [0.29, 0.717) is 34.4 Å². The molecule has 0 radical (unpaired) electrons. The number of halogens is 1. The van der Waals surface area contributed by atoms with Crippen LogP contribution in [0.2, 0.25) is 0 Å². The van der Waals surface area contributed by atoms with E-state index in [4.69, 9.17) is 4.74 Å². The predicted molar refractivity (Wildman–Crippen MR) is 107 cm³/mol.